The van der Waals surface area contributed by atoms with Crippen molar-refractivity contribution in [3.63, 3.8) is 0 Å². The van der Waals surface area contributed by atoms with Crippen LogP contribution >= 0.6 is 11.3 Å². The van der Waals surface area contributed by atoms with Crippen molar-refractivity contribution in [1.29, 1.82) is 0 Å². The molecule has 0 aliphatic rings. The molecule has 0 saturated carbocycles. The van der Waals surface area contributed by atoms with E-state index >= 15 is 0 Å². The highest BCUT2D eigenvalue weighted by Crippen LogP contribution is 2.01. The average molecular weight is 273 g/mol. The molecule has 0 spiro atoms. The van der Waals surface area contributed by atoms with E-state index in [1.165, 1.54) is 0 Å². The van der Waals surface area contributed by atoms with Crippen LogP contribution in [0, 0.1) is 6.92 Å². The molecule has 2 aromatic rings. The Hall–Kier alpha value is -2.14. The number of hydrogen-bond acceptors (Lipinski definition) is 4. The van der Waals surface area contributed by atoms with Gasteiger partial charge in [0, 0.05) is 23.8 Å². The summed E-state index contributed by atoms with van der Waals surface area (Å²) in [4.78, 5) is 0.861. The molecule has 0 radical (unpaired) electrons. The van der Waals surface area contributed by atoms with Gasteiger partial charge in [-0.3, -0.25) is 0 Å². The Morgan fingerprint density at radius 1 is 1.53 bits per heavy atom. The second kappa shape index (κ2) is 6.70. The van der Waals surface area contributed by atoms with Gasteiger partial charge in [0.05, 0.1) is 6.26 Å². The zero-order valence-corrected chi connectivity index (χ0v) is 11.5. The standard InChI is InChI=1S/C14H15N3OS/c1-3-9-17-12(2)11-19-14(17)16-15-8-4-6-13-7-5-10-18-13/h3-8,10-11H,1,9H2,2H3/b6-4+,15-8+,16-14+. The molecule has 4 nitrogen and oxygen atoms in total. The van der Waals surface area contributed by atoms with Gasteiger partial charge in [-0.05, 0) is 31.2 Å². The van der Waals surface area contributed by atoms with E-state index in [-0.39, 0.29) is 0 Å². The predicted octanol–water partition coefficient (Wildman–Crippen LogP) is 3.24. The molecule has 2 rings (SSSR count). The number of rotatable bonds is 5. The van der Waals surface area contributed by atoms with Gasteiger partial charge < -0.3 is 8.98 Å². The maximum atomic E-state index is 5.16. The molecule has 0 saturated heterocycles. The second-order valence-electron chi connectivity index (χ2n) is 3.80. The molecule has 0 fully saturated rings. The van der Waals surface area contributed by atoms with E-state index in [9.17, 15) is 0 Å². The molecular formula is C14H15N3OS. The van der Waals surface area contributed by atoms with Crippen molar-refractivity contribution in [1.82, 2.24) is 4.57 Å². The number of hydrogen-bond donors (Lipinski definition) is 0. The molecule has 98 valence electrons. The second-order valence-corrected chi connectivity index (χ2v) is 4.63. The summed E-state index contributed by atoms with van der Waals surface area (Å²) in [5, 5.41) is 10.3. The van der Waals surface area contributed by atoms with E-state index in [2.05, 4.69) is 26.7 Å². The lowest BCUT2D eigenvalue weighted by molar-refractivity contribution is 0.557. The van der Waals surface area contributed by atoms with Crippen molar-refractivity contribution in [2.45, 2.75) is 13.5 Å². The van der Waals surface area contributed by atoms with Crippen LogP contribution in [0.4, 0.5) is 0 Å². The Kier molecular flexibility index (Phi) is 4.69. The van der Waals surface area contributed by atoms with Gasteiger partial charge in [0.15, 0.2) is 0 Å². The average Bonchev–Trinajstić information content (AvgIpc) is 3.02. The Balaban J connectivity index is 2.08. The summed E-state index contributed by atoms with van der Waals surface area (Å²) < 4.78 is 7.22. The third-order valence-corrected chi connectivity index (χ3v) is 3.37. The maximum absolute atomic E-state index is 5.16. The van der Waals surface area contributed by atoms with Gasteiger partial charge in [0.2, 0.25) is 4.80 Å². The minimum Gasteiger partial charge on any atom is -0.465 e. The number of allylic oxidation sites excluding steroid dienone is 2. The monoisotopic (exact) mass is 273 g/mol. The van der Waals surface area contributed by atoms with Gasteiger partial charge in [-0.2, -0.15) is 5.10 Å². The van der Waals surface area contributed by atoms with Gasteiger partial charge >= 0.3 is 0 Å². The first-order valence-electron chi connectivity index (χ1n) is 5.84. The van der Waals surface area contributed by atoms with E-state index in [4.69, 9.17) is 4.42 Å². The number of furan rings is 1. The topological polar surface area (TPSA) is 42.8 Å². The summed E-state index contributed by atoms with van der Waals surface area (Å²) in [6.07, 6.45) is 8.74. The van der Waals surface area contributed by atoms with Crippen LogP contribution in [0.5, 0.6) is 0 Å². The third kappa shape index (κ3) is 3.66. The van der Waals surface area contributed by atoms with Crippen molar-refractivity contribution in [2.75, 3.05) is 0 Å². The van der Waals surface area contributed by atoms with Gasteiger partial charge in [-0.25, -0.2) is 0 Å². The highest BCUT2D eigenvalue weighted by Gasteiger charge is 1.97. The van der Waals surface area contributed by atoms with Crippen molar-refractivity contribution in [2.24, 2.45) is 10.2 Å². The SMILES string of the molecule is C=CCn1c(C)cs/c1=N/N=C/C=C/c1ccco1. The molecule has 0 bridgehead atoms. The highest BCUT2D eigenvalue weighted by molar-refractivity contribution is 7.07. The minimum atomic E-state index is 0.742. The molecule has 0 N–H and O–H groups in total. The van der Waals surface area contributed by atoms with Crippen molar-refractivity contribution < 1.29 is 4.42 Å². The van der Waals surface area contributed by atoms with Crippen LogP contribution in [0.15, 0.2) is 57.1 Å². The normalized spacial score (nSPS) is 12.8. The first-order chi connectivity index (χ1) is 9.31. The van der Waals surface area contributed by atoms with Crippen molar-refractivity contribution in [3.8, 4) is 0 Å². The smallest absolute Gasteiger partial charge is 0.211 e. The van der Waals surface area contributed by atoms with Gasteiger partial charge in [0.25, 0.3) is 0 Å². The largest absolute Gasteiger partial charge is 0.465 e. The summed E-state index contributed by atoms with van der Waals surface area (Å²) in [6.45, 7) is 6.52. The molecule has 19 heavy (non-hydrogen) atoms. The minimum absolute atomic E-state index is 0.742. The number of aryl methyl sites for hydroxylation is 1. The fraction of sp³-hybridized carbons (Fsp3) is 0.143. The lowest BCUT2D eigenvalue weighted by atomic mass is 10.4. The quantitative estimate of drug-likeness (QED) is 0.468. The van der Waals surface area contributed by atoms with Crippen LogP contribution in [-0.2, 0) is 6.54 Å². The van der Waals surface area contributed by atoms with Crippen molar-refractivity contribution in [3.05, 3.63) is 58.8 Å². The summed E-state index contributed by atoms with van der Waals surface area (Å²) in [5.41, 5.74) is 1.16. The zero-order chi connectivity index (χ0) is 13.5. The molecular weight excluding hydrogens is 258 g/mol. The molecule has 2 aromatic heterocycles. The Morgan fingerprint density at radius 3 is 3.16 bits per heavy atom. The third-order valence-electron chi connectivity index (χ3n) is 2.40. The molecule has 0 amide bonds. The fourth-order valence-corrected chi connectivity index (χ4v) is 2.33. The molecule has 0 unspecified atom stereocenters. The summed E-state index contributed by atoms with van der Waals surface area (Å²) in [5.74, 6) is 0.792. The zero-order valence-electron chi connectivity index (χ0n) is 10.7. The van der Waals surface area contributed by atoms with Crippen LogP contribution < -0.4 is 4.80 Å². The van der Waals surface area contributed by atoms with Crippen LogP contribution in [0.1, 0.15) is 11.5 Å². The van der Waals surface area contributed by atoms with Gasteiger partial charge in [-0.15, -0.1) is 23.0 Å². The van der Waals surface area contributed by atoms with Crippen LogP contribution in [-0.4, -0.2) is 10.8 Å². The van der Waals surface area contributed by atoms with E-state index in [0.29, 0.717) is 0 Å². The predicted molar refractivity (Wildman–Crippen MR) is 79.0 cm³/mol. The van der Waals surface area contributed by atoms with Crippen LogP contribution in [0.3, 0.4) is 0 Å². The summed E-state index contributed by atoms with van der Waals surface area (Å²) in [7, 11) is 0. The fourth-order valence-electron chi connectivity index (χ4n) is 1.49. The summed E-state index contributed by atoms with van der Waals surface area (Å²) in [6, 6.07) is 3.72. The van der Waals surface area contributed by atoms with Gasteiger partial charge in [0.1, 0.15) is 5.76 Å². The van der Waals surface area contributed by atoms with E-state index in [1.807, 2.05) is 31.2 Å². The van der Waals surface area contributed by atoms with Crippen LogP contribution in [0.25, 0.3) is 6.08 Å². The number of nitrogens with zero attached hydrogens (tertiary/aromatic N) is 3. The van der Waals surface area contributed by atoms with E-state index < -0.39 is 0 Å². The lowest BCUT2D eigenvalue weighted by Crippen LogP contribution is -2.14. The van der Waals surface area contributed by atoms with Crippen LogP contribution in [0.2, 0.25) is 0 Å². The molecule has 0 atom stereocenters. The van der Waals surface area contributed by atoms with Crippen molar-refractivity contribution >= 4 is 23.6 Å². The van der Waals surface area contributed by atoms with Gasteiger partial charge in [-0.1, -0.05) is 6.08 Å². The Bertz CT molecular complexity index is 645. The molecule has 0 aliphatic carbocycles. The highest BCUT2D eigenvalue weighted by atomic mass is 32.1. The van der Waals surface area contributed by atoms with E-state index in [1.54, 1.807) is 29.9 Å². The first kappa shape index (κ1) is 13.3. The molecule has 2 heterocycles. The lowest BCUT2D eigenvalue weighted by Gasteiger charge is -1.98. The maximum Gasteiger partial charge on any atom is 0.211 e. The number of thiazole rings is 1. The molecule has 0 aromatic carbocycles. The first-order valence-corrected chi connectivity index (χ1v) is 6.72. The Morgan fingerprint density at radius 2 is 2.42 bits per heavy atom. The molecule has 0 aliphatic heterocycles. The Labute approximate surface area is 115 Å². The summed E-state index contributed by atoms with van der Waals surface area (Å²) >= 11 is 1.56. The molecule has 5 heteroatoms. The van der Waals surface area contributed by atoms with E-state index in [0.717, 1.165) is 22.8 Å². The number of aromatic nitrogens is 1.